The van der Waals surface area contributed by atoms with Gasteiger partial charge in [-0.05, 0) is 48.9 Å². The lowest BCUT2D eigenvalue weighted by molar-refractivity contribution is 0.166. The average Bonchev–Trinajstić information content (AvgIpc) is 2.69. The molecule has 2 aromatic rings. The molecule has 27 heavy (non-hydrogen) atoms. The predicted octanol–water partition coefficient (Wildman–Crippen LogP) is 4.79. The van der Waals surface area contributed by atoms with E-state index in [1.807, 2.05) is 12.1 Å². The summed E-state index contributed by atoms with van der Waals surface area (Å²) < 4.78 is 6.18. The van der Waals surface area contributed by atoms with Gasteiger partial charge in [0.25, 0.3) is 0 Å². The number of hydrogen-bond acceptors (Lipinski definition) is 3. The van der Waals surface area contributed by atoms with Gasteiger partial charge in [0.1, 0.15) is 12.4 Å². The predicted molar refractivity (Wildman–Crippen MR) is 113 cm³/mol. The van der Waals surface area contributed by atoms with Crippen LogP contribution in [0.15, 0.2) is 55.1 Å². The summed E-state index contributed by atoms with van der Waals surface area (Å²) in [6.07, 6.45) is 4.19. The number of rotatable bonds is 8. The Morgan fingerprint density at radius 1 is 1.11 bits per heavy atom. The first-order valence-corrected chi connectivity index (χ1v) is 10.0. The van der Waals surface area contributed by atoms with Crippen molar-refractivity contribution in [2.24, 2.45) is 0 Å². The molecule has 1 aliphatic rings. The summed E-state index contributed by atoms with van der Waals surface area (Å²) in [7, 11) is 0. The molecule has 1 fully saturated rings. The van der Waals surface area contributed by atoms with Crippen LogP contribution < -0.4 is 10.1 Å². The number of benzene rings is 2. The summed E-state index contributed by atoms with van der Waals surface area (Å²) in [5.41, 5.74) is 5.05. The van der Waals surface area contributed by atoms with Crippen LogP contribution in [0.2, 0.25) is 0 Å². The van der Waals surface area contributed by atoms with E-state index in [1.165, 1.54) is 22.3 Å². The molecule has 0 radical (unpaired) electrons. The third kappa shape index (κ3) is 5.21. The zero-order valence-corrected chi connectivity index (χ0v) is 16.7. The van der Waals surface area contributed by atoms with E-state index in [2.05, 4.69) is 67.0 Å². The maximum absolute atomic E-state index is 6.18. The minimum atomic E-state index is 0.450. The lowest BCUT2D eigenvalue weighted by Gasteiger charge is -2.35. The van der Waals surface area contributed by atoms with Crippen LogP contribution in [0, 0.1) is 13.8 Å². The molecule has 0 aliphatic carbocycles. The maximum atomic E-state index is 6.18. The van der Waals surface area contributed by atoms with E-state index < -0.39 is 0 Å². The number of hydrogen-bond donors (Lipinski definition) is 1. The summed E-state index contributed by atoms with van der Waals surface area (Å²) in [6, 6.07) is 15.5. The number of ether oxygens (including phenoxy) is 1. The first-order chi connectivity index (χ1) is 13.2. The molecule has 3 heteroatoms. The number of aryl methyl sites for hydroxylation is 2. The first kappa shape index (κ1) is 19.7. The Kier molecular flexibility index (Phi) is 7.08. The molecule has 0 unspecified atom stereocenters. The lowest BCUT2D eigenvalue weighted by Crippen LogP contribution is -2.45. The molecule has 1 saturated heterocycles. The van der Waals surface area contributed by atoms with Gasteiger partial charge in [-0.15, -0.1) is 6.58 Å². The smallest absolute Gasteiger partial charge is 0.125 e. The standard InChI is InChI=1S/C24H32N2O/c1-4-5-11-23(26-14-12-25-13-15-26)22-16-19(2)24(20(3)17-22)27-18-21-9-7-6-8-10-21/h4,6-10,16-17,23,25H,1,5,11-15,18H2,2-3H3/t23-/m1/s1. The number of nitrogens with one attached hydrogen (secondary N) is 1. The van der Waals surface area contributed by atoms with Crippen LogP contribution in [0.3, 0.4) is 0 Å². The van der Waals surface area contributed by atoms with Gasteiger partial charge >= 0.3 is 0 Å². The second kappa shape index (κ2) is 9.72. The molecule has 0 bridgehead atoms. The Labute approximate surface area is 164 Å². The van der Waals surface area contributed by atoms with Crippen LogP contribution in [0.25, 0.3) is 0 Å². The second-order valence-corrected chi connectivity index (χ2v) is 7.43. The fourth-order valence-electron chi connectivity index (χ4n) is 3.96. The molecular weight excluding hydrogens is 332 g/mol. The lowest BCUT2D eigenvalue weighted by atomic mass is 9.95. The molecule has 1 aliphatic heterocycles. The molecule has 1 atom stereocenters. The van der Waals surface area contributed by atoms with Gasteiger partial charge in [-0.2, -0.15) is 0 Å². The molecule has 1 N–H and O–H groups in total. The normalized spacial score (nSPS) is 16.1. The molecule has 0 amide bonds. The van der Waals surface area contributed by atoms with E-state index >= 15 is 0 Å². The molecule has 2 aromatic carbocycles. The Hall–Kier alpha value is -2.10. The van der Waals surface area contributed by atoms with Gasteiger partial charge in [-0.3, -0.25) is 4.90 Å². The first-order valence-electron chi connectivity index (χ1n) is 10.0. The van der Waals surface area contributed by atoms with E-state index in [1.54, 1.807) is 0 Å². The van der Waals surface area contributed by atoms with Gasteiger partial charge in [0.15, 0.2) is 0 Å². The fraction of sp³-hybridized carbons (Fsp3) is 0.417. The SMILES string of the molecule is C=CCC[C@H](c1cc(C)c(OCc2ccccc2)c(C)c1)N1CCNCC1. The molecule has 3 nitrogen and oxygen atoms in total. The highest BCUT2D eigenvalue weighted by Gasteiger charge is 2.23. The molecule has 1 heterocycles. The van der Waals surface area contributed by atoms with Gasteiger partial charge in [-0.1, -0.05) is 48.5 Å². The zero-order chi connectivity index (χ0) is 19.1. The Bertz CT molecular complexity index is 712. The van der Waals surface area contributed by atoms with Crippen molar-refractivity contribution in [3.63, 3.8) is 0 Å². The van der Waals surface area contributed by atoms with Crippen LogP contribution in [0.4, 0.5) is 0 Å². The highest BCUT2D eigenvalue weighted by atomic mass is 16.5. The summed E-state index contributed by atoms with van der Waals surface area (Å²) in [5.74, 6) is 1.02. The highest BCUT2D eigenvalue weighted by molar-refractivity contribution is 5.44. The van der Waals surface area contributed by atoms with Crippen molar-refractivity contribution >= 4 is 0 Å². The Morgan fingerprint density at radius 3 is 2.41 bits per heavy atom. The van der Waals surface area contributed by atoms with E-state index in [0.29, 0.717) is 12.6 Å². The van der Waals surface area contributed by atoms with Crippen LogP contribution in [-0.2, 0) is 6.61 Å². The van der Waals surface area contributed by atoms with Crippen LogP contribution >= 0.6 is 0 Å². The molecule has 144 valence electrons. The molecule has 0 spiro atoms. The van der Waals surface area contributed by atoms with Crippen LogP contribution in [0.1, 0.15) is 41.1 Å². The second-order valence-electron chi connectivity index (χ2n) is 7.43. The summed E-state index contributed by atoms with van der Waals surface area (Å²) in [5, 5.41) is 3.46. The van der Waals surface area contributed by atoms with Gasteiger partial charge in [-0.25, -0.2) is 0 Å². The summed E-state index contributed by atoms with van der Waals surface area (Å²) in [6.45, 7) is 13.2. The van der Waals surface area contributed by atoms with Crippen molar-refractivity contribution in [1.29, 1.82) is 0 Å². The van der Waals surface area contributed by atoms with Gasteiger partial charge in [0.05, 0.1) is 0 Å². The van der Waals surface area contributed by atoms with Crippen molar-refractivity contribution in [1.82, 2.24) is 10.2 Å². The maximum Gasteiger partial charge on any atom is 0.125 e. The van der Waals surface area contributed by atoms with Crippen LogP contribution in [-0.4, -0.2) is 31.1 Å². The van der Waals surface area contributed by atoms with Crippen LogP contribution in [0.5, 0.6) is 5.75 Å². The number of piperazine rings is 1. The third-order valence-electron chi connectivity index (χ3n) is 5.33. The molecule has 0 aromatic heterocycles. The number of nitrogens with zero attached hydrogens (tertiary/aromatic N) is 1. The van der Waals surface area contributed by atoms with Crippen molar-refractivity contribution in [3.8, 4) is 5.75 Å². The van der Waals surface area contributed by atoms with Gasteiger partial charge < -0.3 is 10.1 Å². The van der Waals surface area contributed by atoms with E-state index in [-0.39, 0.29) is 0 Å². The zero-order valence-electron chi connectivity index (χ0n) is 16.7. The molecular formula is C24H32N2O. The van der Waals surface area contributed by atoms with Crippen molar-refractivity contribution < 1.29 is 4.74 Å². The number of allylic oxidation sites excluding steroid dienone is 1. The summed E-state index contributed by atoms with van der Waals surface area (Å²) >= 11 is 0. The Balaban J connectivity index is 1.79. The van der Waals surface area contributed by atoms with E-state index in [4.69, 9.17) is 4.74 Å². The topological polar surface area (TPSA) is 24.5 Å². The Morgan fingerprint density at radius 2 is 1.78 bits per heavy atom. The molecule has 0 saturated carbocycles. The van der Waals surface area contributed by atoms with Crippen molar-refractivity contribution in [3.05, 3.63) is 77.4 Å². The monoisotopic (exact) mass is 364 g/mol. The molecule has 3 rings (SSSR count). The van der Waals surface area contributed by atoms with Crippen molar-refractivity contribution in [2.75, 3.05) is 26.2 Å². The van der Waals surface area contributed by atoms with E-state index in [9.17, 15) is 0 Å². The average molecular weight is 365 g/mol. The van der Waals surface area contributed by atoms with E-state index in [0.717, 1.165) is 44.8 Å². The highest BCUT2D eigenvalue weighted by Crippen LogP contribution is 2.33. The minimum Gasteiger partial charge on any atom is -0.488 e. The summed E-state index contributed by atoms with van der Waals surface area (Å²) in [4.78, 5) is 2.61. The van der Waals surface area contributed by atoms with Gasteiger partial charge in [0.2, 0.25) is 0 Å². The third-order valence-corrected chi connectivity index (χ3v) is 5.33. The largest absolute Gasteiger partial charge is 0.488 e. The fourth-order valence-corrected chi connectivity index (χ4v) is 3.96. The minimum absolute atomic E-state index is 0.450. The van der Waals surface area contributed by atoms with Gasteiger partial charge in [0, 0.05) is 32.2 Å². The quantitative estimate of drug-likeness (QED) is 0.681. The van der Waals surface area contributed by atoms with Crippen molar-refractivity contribution in [2.45, 2.75) is 39.3 Å².